The van der Waals surface area contributed by atoms with Crippen molar-refractivity contribution in [3.63, 3.8) is 0 Å². The van der Waals surface area contributed by atoms with Gasteiger partial charge in [0.1, 0.15) is 5.69 Å². The van der Waals surface area contributed by atoms with E-state index >= 15 is 0 Å². The van der Waals surface area contributed by atoms with E-state index in [2.05, 4.69) is 191 Å². The van der Waals surface area contributed by atoms with Gasteiger partial charge in [0.15, 0.2) is 5.82 Å². The third-order valence-electron chi connectivity index (χ3n) is 12.0. The summed E-state index contributed by atoms with van der Waals surface area (Å²) in [5.41, 5.74) is 9.43. The predicted molar refractivity (Wildman–Crippen MR) is 235 cm³/mol. The van der Waals surface area contributed by atoms with Gasteiger partial charge in [-0.25, -0.2) is 9.97 Å². The molecule has 0 amide bonds. The average Bonchev–Trinajstić information content (AvgIpc) is 3.79. The molecule has 4 heteroatoms. The van der Waals surface area contributed by atoms with Gasteiger partial charge >= 0.3 is 0 Å². The lowest BCUT2D eigenvalue weighted by Gasteiger charge is -2.15. The van der Waals surface area contributed by atoms with Gasteiger partial charge in [0, 0.05) is 43.6 Å². The first kappa shape index (κ1) is 29.8. The van der Waals surface area contributed by atoms with Crippen LogP contribution in [0.1, 0.15) is 0 Å². The van der Waals surface area contributed by atoms with E-state index in [9.17, 15) is 0 Å². The Morgan fingerprint density at radius 2 is 0.964 bits per heavy atom. The second-order valence-corrected chi connectivity index (χ2v) is 14.9. The SMILES string of the molecule is c1ccc(-c2nc3c(ccc4ccccc43)nc2-n2c3cccc4c5ccccc5c5cc6ccccc6c6c5c5c(c43)c2ccc5n6-c2ccccc2)cc1. The molecule has 258 valence electrons. The summed E-state index contributed by atoms with van der Waals surface area (Å²) in [6.07, 6.45) is 0. The van der Waals surface area contributed by atoms with Gasteiger partial charge in [-0.1, -0.05) is 140 Å². The quantitative estimate of drug-likeness (QED) is 0.171. The van der Waals surface area contributed by atoms with Crippen molar-refractivity contribution in [2.75, 3.05) is 0 Å². The van der Waals surface area contributed by atoms with Crippen LogP contribution in [0.25, 0.3) is 120 Å². The van der Waals surface area contributed by atoms with Gasteiger partial charge in [0.05, 0.1) is 33.1 Å². The fourth-order valence-corrected chi connectivity index (χ4v) is 9.70. The Hall–Kier alpha value is -7.56. The van der Waals surface area contributed by atoms with Gasteiger partial charge in [0.2, 0.25) is 0 Å². The van der Waals surface area contributed by atoms with E-state index in [4.69, 9.17) is 9.97 Å². The minimum absolute atomic E-state index is 0.820. The minimum atomic E-state index is 0.820. The molecule has 3 heterocycles. The largest absolute Gasteiger partial charge is 0.309 e. The molecule has 3 aromatic heterocycles. The number of benzene rings is 9. The van der Waals surface area contributed by atoms with E-state index < -0.39 is 0 Å². The Morgan fingerprint density at radius 1 is 0.357 bits per heavy atom. The van der Waals surface area contributed by atoms with Crippen LogP contribution < -0.4 is 0 Å². The number of rotatable bonds is 3. The molecular formula is C52H30N4. The monoisotopic (exact) mass is 710 g/mol. The average molecular weight is 711 g/mol. The molecule has 0 aliphatic heterocycles. The smallest absolute Gasteiger partial charge is 0.165 e. The van der Waals surface area contributed by atoms with E-state index in [1.165, 1.54) is 64.9 Å². The summed E-state index contributed by atoms with van der Waals surface area (Å²) in [6, 6.07) is 65.8. The van der Waals surface area contributed by atoms with Crippen LogP contribution in [0.3, 0.4) is 0 Å². The summed E-state index contributed by atoms with van der Waals surface area (Å²) in [7, 11) is 0. The topological polar surface area (TPSA) is 35.6 Å². The summed E-state index contributed by atoms with van der Waals surface area (Å²) in [5, 5.41) is 14.6. The van der Waals surface area contributed by atoms with Crippen molar-refractivity contribution in [1.29, 1.82) is 0 Å². The van der Waals surface area contributed by atoms with E-state index in [0.717, 1.165) is 55.6 Å². The highest BCUT2D eigenvalue weighted by atomic mass is 15.1. The molecule has 0 atom stereocenters. The maximum atomic E-state index is 5.59. The fourth-order valence-electron chi connectivity index (χ4n) is 9.70. The van der Waals surface area contributed by atoms with Gasteiger partial charge in [-0.2, -0.15) is 0 Å². The molecule has 0 saturated heterocycles. The second kappa shape index (κ2) is 11.0. The highest BCUT2D eigenvalue weighted by molar-refractivity contribution is 6.41. The number of para-hydroxylation sites is 1. The molecule has 0 saturated carbocycles. The molecule has 10 aromatic carbocycles. The molecule has 13 aromatic rings. The van der Waals surface area contributed by atoms with Gasteiger partial charge < -0.3 is 4.57 Å². The normalized spacial score (nSPS) is 12.3. The lowest BCUT2D eigenvalue weighted by molar-refractivity contribution is 1.08. The highest BCUT2D eigenvalue weighted by Gasteiger charge is 2.27. The second-order valence-electron chi connectivity index (χ2n) is 14.9. The number of hydrogen-bond donors (Lipinski definition) is 0. The van der Waals surface area contributed by atoms with Crippen molar-refractivity contribution in [1.82, 2.24) is 19.1 Å². The molecule has 0 aliphatic carbocycles. The standard InChI is InChI=1S/C52H30N4/c1-3-15-32(16-4-1)49-52(53-41-27-26-31-14-7-9-20-35(31)50(41)54-49)56-42-25-13-24-39-37-22-11-12-23-38(37)40-30-33-17-8-10-21-36(33)51-46(40)48-43(28-29-44(56)47(48)45(39)42)55(51)34-18-5-2-6-19-34/h1-30H. The highest BCUT2D eigenvalue weighted by Crippen LogP contribution is 2.49. The third kappa shape index (κ3) is 3.87. The molecule has 4 nitrogen and oxygen atoms in total. The van der Waals surface area contributed by atoms with Crippen LogP contribution in [0.15, 0.2) is 182 Å². The molecule has 0 bridgehead atoms. The Morgan fingerprint density at radius 3 is 1.77 bits per heavy atom. The van der Waals surface area contributed by atoms with Crippen LogP contribution in [0, 0.1) is 0 Å². The van der Waals surface area contributed by atoms with Crippen LogP contribution in [0.2, 0.25) is 0 Å². The first-order chi connectivity index (χ1) is 27.8. The molecule has 0 radical (unpaired) electrons. The van der Waals surface area contributed by atoms with Crippen molar-refractivity contribution >= 4 is 97.7 Å². The number of hydrogen-bond acceptors (Lipinski definition) is 2. The van der Waals surface area contributed by atoms with Crippen molar-refractivity contribution in [3.8, 4) is 22.8 Å². The van der Waals surface area contributed by atoms with E-state index in [0.29, 0.717) is 0 Å². The summed E-state index contributed by atoms with van der Waals surface area (Å²) in [4.78, 5) is 11.1. The fraction of sp³-hybridized carbons (Fsp3) is 0. The molecule has 0 aliphatic rings. The predicted octanol–water partition coefficient (Wildman–Crippen LogP) is 13.5. The van der Waals surface area contributed by atoms with Crippen LogP contribution in [0.5, 0.6) is 0 Å². The minimum Gasteiger partial charge on any atom is -0.309 e. The van der Waals surface area contributed by atoms with Crippen LogP contribution >= 0.6 is 0 Å². The van der Waals surface area contributed by atoms with Gasteiger partial charge in [-0.3, -0.25) is 4.57 Å². The molecule has 0 N–H and O–H groups in total. The summed E-state index contributed by atoms with van der Waals surface area (Å²) in [6.45, 7) is 0. The number of nitrogens with zero attached hydrogens (tertiary/aromatic N) is 4. The maximum Gasteiger partial charge on any atom is 0.165 e. The summed E-state index contributed by atoms with van der Waals surface area (Å²) >= 11 is 0. The van der Waals surface area contributed by atoms with E-state index in [1.54, 1.807) is 0 Å². The lowest BCUT2D eigenvalue weighted by Crippen LogP contribution is -2.04. The molecule has 56 heavy (non-hydrogen) atoms. The zero-order valence-corrected chi connectivity index (χ0v) is 30.1. The van der Waals surface area contributed by atoms with Crippen LogP contribution in [-0.4, -0.2) is 19.1 Å². The van der Waals surface area contributed by atoms with Crippen molar-refractivity contribution in [2.45, 2.75) is 0 Å². The van der Waals surface area contributed by atoms with Gasteiger partial charge in [0.25, 0.3) is 0 Å². The lowest BCUT2D eigenvalue weighted by atomic mass is 9.93. The van der Waals surface area contributed by atoms with Gasteiger partial charge in [-0.15, -0.1) is 0 Å². The molecule has 0 spiro atoms. The van der Waals surface area contributed by atoms with E-state index in [1.807, 2.05) is 0 Å². The first-order valence-corrected chi connectivity index (χ1v) is 19.2. The Balaban J connectivity index is 1.31. The van der Waals surface area contributed by atoms with Gasteiger partial charge in [-0.05, 0) is 74.8 Å². The number of aromatic nitrogens is 4. The zero-order valence-electron chi connectivity index (χ0n) is 30.1. The molecular weight excluding hydrogens is 681 g/mol. The Kier molecular flexibility index (Phi) is 5.86. The first-order valence-electron chi connectivity index (χ1n) is 19.2. The number of fused-ring (bicyclic) bond motifs is 8. The van der Waals surface area contributed by atoms with Crippen LogP contribution in [-0.2, 0) is 0 Å². The third-order valence-corrected chi connectivity index (χ3v) is 12.0. The van der Waals surface area contributed by atoms with Crippen molar-refractivity contribution in [2.24, 2.45) is 0 Å². The summed E-state index contributed by atoms with van der Waals surface area (Å²) in [5.74, 6) is 0.820. The molecule has 13 rings (SSSR count). The van der Waals surface area contributed by atoms with E-state index in [-0.39, 0.29) is 0 Å². The Labute approximate surface area is 320 Å². The Bertz CT molecular complexity index is 3750. The zero-order chi connectivity index (χ0) is 36.5. The van der Waals surface area contributed by atoms with Crippen LogP contribution in [0.4, 0.5) is 0 Å². The molecule has 0 unspecified atom stereocenters. The maximum absolute atomic E-state index is 5.59. The molecule has 0 fully saturated rings. The van der Waals surface area contributed by atoms with Crippen molar-refractivity contribution < 1.29 is 0 Å². The summed E-state index contributed by atoms with van der Waals surface area (Å²) < 4.78 is 4.88. The van der Waals surface area contributed by atoms with Crippen molar-refractivity contribution in [3.05, 3.63) is 182 Å².